The highest BCUT2D eigenvalue weighted by atomic mass is 28.5. The van der Waals surface area contributed by atoms with Crippen LogP contribution in [0.4, 0.5) is 4.39 Å². The maximum Gasteiger partial charge on any atom is 0.413 e. The van der Waals surface area contributed by atoms with Crippen LogP contribution in [0.2, 0.25) is 90.7 Å². The normalized spacial score (nSPS) is 14.0. The minimum absolute atomic E-state index is 0.120. The molecule has 238 valence electrons. The van der Waals surface area contributed by atoms with E-state index in [0.717, 1.165) is 18.5 Å². The molecule has 1 aromatic rings. The Morgan fingerprint density at radius 2 is 1.15 bits per heavy atom. The van der Waals surface area contributed by atoms with Crippen molar-refractivity contribution in [2.24, 2.45) is 0 Å². The van der Waals surface area contributed by atoms with Crippen LogP contribution in [0.1, 0.15) is 26.2 Å². The standard InChI is InChI=1S/C25H55FO8Si7/c1-14-15-20-36(2,3)31-38(6,7)29-35-30-39(8,9)33-41(12,13)34-40(10,11)32-37(4,5)21-16-19-28-23-17-18-25(27)24(26)22-23/h17-18,22,27H,14-16,19-21H2,1-13H3. The number of benzene rings is 1. The average Bonchev–Trinajstić information content (AvgIpc) is 2.74. The molecular formula is C25H55FO8Si7. The van der Waals surface area contributed by atoms with Crippen molar-refractivity contribution >= 4 is 60.9 Å². The number of unbranched alkanes of at least 4 members (excludes halogenated alkanes) is 1. The molecule has 0 heterocycles. The monoisotopic (exact) mass is 698 g/mol. The van der Waals surface area contributed by atoms with Crippen LogP contribution in [0.3, 0.4) is 0 Å². The molecule has 0 aliphatic heterocycles. The number of hydrogen-bond acceptors (Lipinski definition) is 8. The van der Waals surface area contributed by atoms with Gasteiger partial charge in [0, 0.05) is 6.07 Å². The molecule has 0 spiro atoms. The van der Waals surface area contributed by atoms with Crippen LogP contribution in [-0.4, -0.2) is 72.6 Å². The van der Waals surface area contributed by atoms with Crippen molar-refractivity contribution in [2.75, 3.05) is 6.61 Å². The van der Waals surface area contributed by atoms with Crippen LogP contribution in [0.15, 0.2) is 18.2 Å². The third-order valence-corrected chi connectivity index (χ3v) is 29.8. The molecule has 1 rings (SSSR count). The van der Waals surface area contributed by atoms with E-state index in [0.29, 0.717) is 12.4 Å². The van der Waals surface area contributed by atoms with Gasteiger partial charge in [0.1, 0.15) is 5.75 Å². The SMILES string of the molecule is CCCC[Si](C)(C)O[Si](C)(C)O[Si]O[Si](C)(C)O[Si](C)(C)O[Si](C)(C)O[Si](C)(C)CCCOc1ccc(O)c(F)c1. The Kier molecular flexibility index (Phi) is 15.1. The number of phenolic OH excluding ortho intramolecular Hbond substituents is 1. The van der Waals surface area contributed by atoms with E-state index < -0.39 is 56.7 Å². The van der Waals surface area contributed by atoms with E-state index in [4.69, 9.17) is 29.4 Å². The van der Waals surface area contributed by atoms with Gasteiger partial charge in [0.2, 0.25) is 0 Å². The first-order valence-corrected chi connectivity index (χ1v) is 32.8. The fourth-order valence-electron chi connectivity index (χ4n) is 4.79. The van der Waals surface area contributed by atoms with Crippen LogP contribution in [0.25, 0.3) is 0 Å². The summed E-state index contributed by atoms with van der Waals surface area (Å²) in [5, 5.41) is 9.33. The lowest BCUT2D eigenvalue weighted by molar-refractivity contribution is 0.287. The minimum Gasteiger partial charge on any atom is -0.505 e. The first-order valence-electron chi connectivity index (χ1n) is 14.5. The van der Waals surface area contributed by atoms with E-state index in [1.807, 2.05) is 13.1 Å². The van der Waals surface area contributed by atoms with Crippen LogP contribution < -0.4 is 4.74 Å². The van der Waals surface area contributed by atoms with Gasteiger partial charge < -0.3 is 34.5 Å². The summed E-state index contributed by atoms with van der Waals surface area (Å²) < 4.78 is 57.9. The molecule has 0 aliphatic carbocycles. The summed E-state index contributed by atoms with van der Waals surface area (Å²) >= 11 is 0. The molecule has 1 aromatic carbocycles. The Balaban J connectivity index is 2.56. The predicted octanol–water partition coefficient (Wildman–Crippen LogP) is 7.95. The fourth-order valence-corrected chi connectivity index (χ4v) is 32.2. The van der Waals surface area contributed by atoms with Gasteiger partial charge in [0.25, 0.3) is 0 Å². The molecule has 0 unspecified atom stereocenters. The van der Waals surface area contributed by atoms with Gasteiger partial charge in [0.15, 0.2) is 28.2 Å². The lowest BCUT2D eigenvalue weighted by Gasteiger charge is -2.40. The third-order valence-electron chi connectivity index (χ3n) is 5.85. The second-order valence-electron chi connectivity index (χ2n) is 13.5. The van der Waals surface area contributed by atoms with Crippen molar-refractivity contribution in [3.63, 3.8) is 0 Å². The van der Waals surface area contributed by atoms with Crippen molar-refractivity contribution in [3.05, 3.63) is 24.0 Å². The molecule has 0 amide bonds. The maximum absolute atomic E-state index is 13.5. The quantitative estimate of drug-likeness (QED) is 0.109. The van der Waals surface area contributed by atoms with Gasteiger partial charge in [-0.25, -0.2) is 4.39 Å². The van der Waals surface area contributed by atoms with Crippen molar-refractivity contribution in [2.45, 2.75) is 117 Å². The van der Waals surface area contributed by atoms with E-state index in [2.05, 4.69) is 72.4 Å². The van der Waals surface area contributed by atoms with Crippen LogP contribution in [-0.2, 0) is 24.7 Å². The van der Waals surface area contributed by atoms with Gasteiger partial charge in [-0.05, 0) is 109 Å². The van der Waals surface area contributed by atoms with Crippen LogP contribution in [0.5, 0.6) is 11.5 Å². The lowest BCUT2D eigenvalue weighted by Crippen LogP contribution is -2.57. The highest BCUT2D eigenvalue weighted by molar-refractivity contribution is 6.89. The Bertz CT molecular complexity index is 949. The zero-order chi connectivity index (χ0) is 31.8. The number of halogens is 1. The number of hydrogen-bond donors (Lipinski definition) is 1. The molecule has 0 saturated heterocycles. The molecule has 0 saturated carbocycles. The second kappa shape index (κ2) is 15.8. The van der Waals surface area contributed by atoms with E-state index >= 15 is 0 Å². The predicted molar refractivity (Wildman–Crippen MR) is 180 cm³/mol. The third kappa shape index (κ3) is 17.2. The Labute approximate surface area is 257 Å². The molecule has 2 radical (unpaired) electrons. The van der Waals surface area contributed by atoms with Gasteiger partial charge in [0.05, 0.1) is 6.61 Å². The van der Waals surface area contributed by atoms with E-state index in [9.17, 15) is 9.50 Å². The van der Waals surface area contributed by atoms with Gasteiger partial charge in [-0.2, -0.15) is 0 Å². The molecule has 8 nitrogen and oxygen atoms in total. The number of phenols is 1. The molecule has 0 aliphatic rings. The second-order valence-corrected chi connectivity index (χ2v) is 37.8. The Morgan fingerprint density at radius 3 is 1.68 bits per heavy atom. The van der Waals surface area contributed by atoms with Gasteiger partial charge in [-0.3, -0.25) is 0 Å². The first kappa shape index (κ1) is 39.1. The van der Waals surface area contributed by atoms with Crippen molar-refractivity contribution in [1.82, 2.24) is 0 Å². The largest absolute Gasteiger partial charge is 0.505 e. The van der Waals surface area contributed by atoms with Crippen LogP contribution in [0, 0.1) is 5.82 Å². The summed E-state index contributed by atoms with van der Waals surface area (Å²) in [6.07, 6.45) is 3.15. The minimum atomic E-state index is -2.56. The van der Waals surface area contributed by atoms with Gasteiger partial charge in [-0.1, -0.05) is 19.8 Å². The van der Waals surface area contributed by atoms with Crippen LogP contribution >= 0.6 is 0 Å². The molecule has 0 fully saturated rings. The summed E-state index contributed by atoms with van der Waals surface area (Å²) in [6.45, 7) is 28.1. The number of ether oxygens (including phenoxy) is 1. The highest BCUT2D eigenvalue weighted by Gasteiger charge is 2.44. The molecule has 0 aromatic heterocycles. The number of aromatic hydroxyl groups is 1. The first-order chi connectivity index (χ1) is 18.5. The van der Waals surface area contributed by atoms with E-state index in [1.54, 1.807) is 6.07 Å². The fraction of sp³-hybridized carbons (Fsp3) is 0.760. The van der Waals surface area contributed by atoms with Gasteiger partial charge in [-0.15, -0.1) is 0 Å². The number of rotatable bonds is 20. The summed E-state index contributed by atoms with van der Waals surface area (Å²) in [5.41, 5.74) is 0. The molecule has 0 atom stereocenters. The van der Waals surface area contributed by atoms with Crippen molar-refractivity contribution in [3.8, 4) is 11.5 Å². The summed E-state index contributed by atoms with van der Waals surface area (Å²) in [6, 6.07) is 6.06. The van der Waals surface area contributed by atoms with Crippen molar-refractivity contribution < 1.29 is 38.9 Å². The lowest BCUT2D eigenvalue weighted by atomic mass is 10.3. The molecule has 1 N–H and O–H groups in total. The molecule has 16 heteroatoms. The Hall–Kier alpha value is 0.0282. The molecule has 0 bridgehead atoms. The Morgan fingerprint density at radius 1 is 0.683 bits per heavy atom. The smallest absolute Gasteiger partial charge is 0.413 e. The van der Waals surface area contributed by atoms with E-state index in [-0.39, 0.29) is 15.8 Å². The molecular weight excluding hydrogens is 644 g/mol. The zero-order valence-electron chi connectivity index (χ0n) is 27.7. The summed E-state index contributed by atoms with van der Waals surface area (Å²) in [4.78, 5) is 0. The topological polar surface area (TPSA) is 84.8 Å². The van der Waals surface area contributed by atoms with Gasteiger partial charge >= 0.3 is 44.3 Å². The van der Waals surface area contributed by atoms with Crippen molar-refractivity contribution in [1.29, 1.82) is 0 Å². The molecule has 41 heavy (non-hydrogen) atoms. The summed E-state index contributed by atoms with van der Waals surface area (Å²) in [5.74, 6) is -0.668. The average molecular weight is 699 g/mol. The van der Waals surface area contributed by atoms with E-state index in [1.165, 1.54) is 25.0 Å². The zero-order valence-corrected chi connectivity index (χ0v) is 34.7. The highest BCUT2D eigenvalue weighted by Crippen LogP contribution is 2.27. The maximum atomic E-state index is 13.5. The summed E-state index contributed by atoms with van der Waals surface area (Å²) in [7, 11) is -13.8.